The van der Waals surface area contributed by atoms with Crippen molar-refractivity contribution in [3.05, 3.63) is 36.4 Å². The van der Waals surface area contributed by atoms with Gasteiger partial charge in [-0.05, 0) is 25.0 Å². The molecule has 0 spiro atoms. The lowest BCUT2D eigenvalue weighted by Crippen LogP contribution is -2.51. The van der Waals surface area contributed by atoms with Gasteiger partial charge in [0.05, 0.1) is 11.1 Å². The zero-order valence-electron chi connectivity index (χ0n) is 10.3. The van der Waals surface area contributed by atoms with Crippen LogP contribution in [-0.2, 0) is 10.2 Å². The molecule has 1 saturated carbocycles. The summed E-state index contributed by atoms with van der Waals surface area (Å²) in [6.45, 7) is 0. The van der Waals surface area contributed by atoms with Crippen LogP contribution < -0.4 is 10.9 Å². The fourth-order valence-electron chi connectivity index (χ4n) is 2.28. The van der Waals surface area contributed by atoms with E-state index in [4.69, 9.17) is 0 Å². The summed E-state index contributed by atoms with van der Waals surface area (Å²) in [7, 11) is 0. The SMILES string of the molecule is O=C(NNc1ncn[nH]1)C1(c2ccccn2)CCC1. The Morgan fingerprint density at radius 1 is 1.32 bits per heavy atom. The van der Waals surface area contributed by atoms with E-state index >= 15 is 0 Å². The molecular weight excluding hydrogens is 244 g/mol. The Kier molecular flexibility index (Phi) is 2.86. The first-order valence-corrected chi connectivity index (χ1v) is 6.15. The summed E-state index contributed by atoms with van der Waals surface area (Å²) in [6, 6.07) is 5.65. The number of nitrogens with one attached hydrogen (secondary N) is 3. The number of hydrazine groups is 1. The molecule has 2 aromatic heterocycles. The summed E-state index contributed by atoms with van der Waals surface area (Å²) in [6.07, 6.45) is 5.74. The van der Waals surface area contributed by atoms with Crippen molar-refractivity contribution in [2.45, 2.75) is 24.7 Å². The van der Waals surface area contributed by atoms with Crippen LogP contribution >= 0.6 is 0 Å². The summed E-state index contributed by atoms with van der Waals surface area (Å²) in [4.78, 5) is 20.6. The maximum Gasteiger partial charge on any atom is 0.250 e. The normalized spacial score (nSPS) is 16.4. The van der Waals surface area contributed by atoms with Crippen molar-refractivity contribution in [1.82, 2.24) is 25.6 Å². The van der Waals surface area contributed by atoms with Crippen LogP contribution in [0.4, 0.5) is 5.95 Å². The van der Waals surface area contributed by atoms with Crippen molar-refractivity contribution in [2.75, 3.05) is 5.43 Å². The van der Waals surface area contributed by atoms with Gasteiger partial charge < -0.3 is 0 Å². The molecule has 3 rings (SSSR count). The third-order valence-electron chi connectivity index (χ3n) is 3.51. The number of anilines is 1. The van der Waals surface area contributed by atoms with Crippen LogP contribution in [-0.4, -0.2) is 26.1 Å². The highest BCUT2D eigenvalue weighted by Gasteiger charge is 2.46. The highest BCUT2D eigenvalue weighted by atomic mass is 16.2. The number of hydrogen-bond donors (Lipinski definition) is 3. The Labute approximate surface area is 109 Å². The standard InChI is InChI=1S/C12H14N6O/c19-10(16-18-11-14-8-15-17-11)12(5-3-6-12)9-4-1-2-7-13-9/h1-2,4,7-8H,3,5-6H2,(H,16,19)(H2,14,15,17,18). The van der Waals surface area contributed by atoms with Crippen LogP contribution in [0.5, 0.6) is 0 Å². The number of nitrogens with zero attached hydrogens (tertiary/aromatic N) is 3. The zero-order valence-corrected chi connectivity index (χ0v) is 10.3. The second-order valence-electron chi connectivity index (χ2n) is 4.56. The highest BCUT2D eigenvalue weighted by Crippen LogP contribution is 2.42. The van der Waals surface area contributed by atoms with E-state index in [0.29, 0.717) is 5.95 Å². The van der Waals surface area contributed by atoms with Gasteiger partial charge in [0.25, 0.3) is 5.91 Å². The molecule has 0 aliphatic heterocycles. The maximum absolute atomic E-state index is 12.4. The lowest BCUT2D eigenvalue weighted by molar-refractivity contribution is -0.129. The number of H-pyrrole nitrogens is 1. The van der Waals surface area contributed by atoms with Crippen molar-refractivity contribution in [3.8, 4) is 0 Å². The summed E-state index contributed by atoms with van der Waals surface area (Å²) >= 11 is 0. The second-order valence-corrected chi connectivity index (χ2v) is 4.56. The number of carbonyl (C=O) groups excluding carboxylic acids is 1. The number of aromatic amines is 1. The molecule has 0 radical (unpaired) electrons. The van der Waals surface area contributed by atoms with Crippen molar-refractivity contribution in [2.24, 2.45) is 0 Å². The molecular formula is C12H14N6O. The number of amides is 1. The van der Waals surface area contributed by atoms with E-state index in [1.165, 1.54) is 6.33 Å². The smallest absolute Gasteiger partial charge is 0.250 e. The summed E-state index contributed by atoms with van der Waals surface area (Å²) in [5.41, 5.74) is 5.67. The molecule has 0 saturated heterocycles. The van der Waals surface area contributed by atoms with Gasteiger partial charge in [0.1, 0.15) is 6.33 Å². The maximum atomic E-state index is 12.4. The third-order valence-corrected chi connectivity index (χ3v) is 3.51. The van der Waals surface area contributed by atoms with Crippen LogP contribution in [0.2, 0.25) is 0 Å². The molecule has 1 fully saturated rings. The van der Waals surface area contributed by atoms with Gasteiger partial charge in [-0.15, -0.1) is 0 Å². The topological polar surface area (TPSA) is 95.6 Å². The molecule has 19 heavy (non-hydrogen) atoms. The first-order chi connectivity index (χ1) is 9.31. The van der Waals surface area contributed by atoms with E-state index in [0.717, 1.165) is 25.0 Å². The van der Waals surface area contributed by atoms with Crippen molar-refractivity contribution >= 4 is 11.9 Å². The van der Waals surface area contributed by atoms with Gasteiger partial charge in [0.2, 0.25) is 5.95 Å². The number of aromatic nitrogens is 4. The van der Waals surface area contributed by atoms with Gasteiger partial charge in [-0.3, -0.25) is 20.6 Å². The fourth-order valence-corrected chi connectivity index (χ4v) is 2.28. The Morgan fingerprint density at radius 3 is 2.79 bits per heavy atom. The minimum atomic E-state index is -0.520. The Hall–Kier alpha value is -2.44. The van der Waals surface area contributed by atoms with E-state index in [2.05, 4.69) is 31.0 Å². The Balaban J connectivity index is 1.73. The lowest BCUT2D eigenvalue weighted by atomic mass is 9.66. The zero-order chi connectivity index (χ0) is 13.1. The molecule has 1 aliphatic rings. The minimum absolute atomic E-state index is 0.0890. The van der Waals surface area contributed by atoms with E-state index in [-0.39, 0.29) is 5.91 Å². The summed E-state index contributed by atoms with van der Waals surface area (Å²) in [5, 5.41) is 6.31. The van der Waals surface area contributed by atoms with Crippen molar-refractivity contribution < 1.29 is 4.79 Å². The average Bonchev–Trinajstić information content (AvgIpc) is 2.89. The second kappa shape index (κ2) is 4.68. The number of rotatable bonds is 4. The van der Waals surface area contributed by atoms with Crippen molar-refractivity contribution in [1.29, 1.82) is 0 Å². The molecule has 98 valence electrons. The van der Waals surface area contributed by atoms with Gasteiger partial charge in [-0.2, -0.15) is 10.1 Å². The number of hydrogen-bond acceptors (Lipinski definition) is 5. The van der Waals surface area contributed by atoms with Gasteiger partial charge in [-0.25, -0.2) is 5.10 Å². The van der Waals surface area contributed by atoms with E-state index in [1.54, 1.807) is 6.20 Å². The first-order valence-electron chi connectivity index (χ1n) is 6.15. The van der Waals surface area contributed by atoms with Crippen LogP contribution in [0.25, 0.3) is 0 Å². The Morgan fingerprint density at radius 2 is 2.21 bits per heavy atom. The van der Waals surface area contributed by atoms with Gasteiger partial charge >= 0.3 is 0 Å². The van der Waals surface area contributed by atoms with E-state index in [9.17, 15) is 4.79 Å². The molecule has 0 aromatic carbocycles. The van der Waals surface area contributed by atoms with Gasteiger partial charge in [-0.1, -0.05) is 12.5 Å². The minimum Gasteiger partial charge on any atom is -0.272 e. The monoisotopic (exact) mass is 258 g/mol. The van der Waals surface area contributed by atoms with Crippen LogP contribution in [0.1, 0.15) is 25.0 Å². The van der Waals surface area contributed by atoms with Crippen LogP contribution in [0, 0.1) is 0 Å². The predicted molar refractivity (Wildman–Crippen MR) is 67.9 cm³/mol. The van der Waals surface area contributed by atoms with E-state index in [1.807, 2.05) is 18.2 Å². The molecule has 3 N–H and O–H groups in total. The fraction of sp³-hybridized carbons (Fsp3) is 0.333. The van der Waals surface area contributed by atoms with Gasteiger partial charge in [0, 0.05) is 6.20 Å². The average molecular weight is 258 g/mol. The molecule has 2 heterocycles. The first kappa shape index (κ1) is 11.6. The number of pyridine rings is 1. The molecule has 1 amide bonds. The molecule has 2 aromatic rings. The summed E-state index contributed by atoms with van der Waals surface area (Å²) < 4.78 is 0. The van der Waals surface area contributed by atoms with E-state index < -0.39 is 5.41 Å². The molecule has 0 bridgehead atoms. The number of carbonyl (C=O) groups is 1. The highest BCUT2D eigenvalue weighted by molar-refractivity contribution is 5.89. The summed E-state index contributed by atoms with van der Waals surface area (Å²) in [5.74, 6) is 0.317. The van der Waals surface area contributed by atoms with Crippen LogP contribution in [0.15, 0.2) is 30.7 Å². The quantitative estimate of drug-likeness (QED) is 0.704. The third kappa shape index (κ3) is 2.03. The molecule has 7 heteroatoms. The lowest BCUT2D eigenvalue weighted by Gasteiger charge is -2.39. The molecule has 0 unspecified atom stereocenters. The molecule has 7 nitrogen and oxygen atoms in total. The van der Waals surface area contributed by atoms with Crippen LogP contribution in [0.3, 0.4) is 0 Å². The largest absolute Gasteiger partial charge is 0.272 e. The van der Waals surface area contributed by atoms with Gasteiger partial charge in [0.15, 0.2) is 0 Å². The Bertz CT molecular complexity index is 549. The molecule has 1 aliphatic carbocycles. The molecule has 0 atom stereocenters. The predicted octanol–water partition coefficient (Wildman–Crippen LogP) is 0.765. The van der Waals surface area contributed by atoms with Crippen molar-refractivity contribution in [3.63, 3.8) is 0 Å².